The van der Waals surface area contributed by atoms with E-state index in [1.165, 1.54) is 6.26 Å². The summed E-state index contributed by atoms with van der Waals surface area (Å²) in [4.78, 5) is 12.2. The first-order valence-electron chi connectivity index (χ1n) is 9.35. The molecule has 0 aliphatic rings. The van der Waals surface area contributed by atoms with E-state index < -0.39 is 0 Å². The van der Waals surface area contributed by atoms with Crippen LogP contribution in [0.5, 0.6) is 0 Å². The van der Waals surface area contributed by atoms with Gasteiger partial charge in [0, 0.05) is 22.3 Å². The summed E-state index contributed by atoms with van der Waals surface area (Å²) in [6.45, 7) is 2.35. The Labute approximate surface area is 178 Å². The third kappa shape index (κ3) is 4.50. The predicted molar refractivity (Wildman–Crippen MR) is 117 cm³/mol. The van der Waals surface area contributed by atoms with Crippen molar-refractivity contribution in [2.45, 2.75) is 13.5 Å². The third-order valence-electron chi connectivity index (χ3n) is 4.57. The van der Waals surface area contributed by atoms with Crippen LogP contribution in [0.15, 0.2) is 82.6 Å². The van der Waals surface area contributed by atoms with Gasteiger partial charge in [-0.3, -0.25) is 9.48 Å². The monoisotopic (exact) mass is 418 g/mol. The zero-order valence-corrected chi connectivity index (χ0v) is 17.0. The summed E-state index contributed by atoms with van der Waals surface area (Å²) in [7, 11) is 0. The van der Waals surface area contributed by atoms with E-state index in [2.05, 4.69) is 10.5 Å². The second-order valence-electron chi connectivity index (χ2n) is 6.71. The van der Waals surface area contributed by atoms with Gasteiger partial charge in [-0.2, -0.15) is 10.2 Å². The Bertz CT molecular complexity index is 1180. The molecule has 2 aromatic heterocycles. The van der Waals surface area contributed by atoms with E-state index in [4.69, 9.17) is 21.1 Å². The summed E-state index contributed by atoms with van der Waals surface area (Å²) < 4.78 is 7.01. The Morgan fingerprint density at radius 3 is 2.63 bits per heavy atom. The van der Waals surface area contributed by atoms with E-state index in [9.17, 15) is 4.79 Å². The van der Waals surface area contributed by atoms with Crippen LogP contribution >= 0.6 is 11.6 Å². The first-order valence-corrected chi connectivity index (χ1v) is 9.73. The van der Waals surface area contributed by atoms with Gasteiger partial charge in [0.2, 0.25) is 0 Å². The zero-order chi connectivity index (χ0) is 20.9. The molecule has 0 bridgehead atoms. The molecule has 2 aromatic carbocycles. The van der Waals surface area contributed by atoms with E-state index >= 15 is 0 Å². The minimum absolute atomic E-state index is 0.331. The molecule has 30 heavy (non-hydrogen) atoms. The molecule has 0 atom stereocenters. The number of aryl methyl sites for hydroxylation is 1. The zero-order valence-electron chi connectivity index (χ0n) is 16.2. The lowest BCUT2D eigenvalue weighted by Gasteiger charge is -2.01. The normalized spacial score (nSPS) is 11.1. The van der Waals surface area contributed by atoms with Gasteiger partial charge >= 0.3 is 0 Å². The van der Waals surface area contributed by atoms with Gasteiger partial charge in [-0.15, -0.1) is 0 Å². The van der Waals surface area contributed by atoms with Crippen molar-refractivity contribution in [1.82, 2.24) is 15.2 Å². The van der Waals surface area contributed by atoms with Crippen LogP contribution in [0.25, 0.3) is 11.3 Å². The number of carbonyl (C=O) groups is 1. The molecule has 4 aromatic rings. The summed E-state index contributed by atoms with van der Waals surface area (Å²) in [6, 6.07) is 19.1. The number of hydrogen-bond donors (Lipinski definition) is 1. The molecule has 0 unspecified atom stereocenters. The number of halogens is 1. The van der Waals surface area contributed by atoms with E-state index in [1.807, 2.05) is 65.5 Å². The van der Waals surface area contributed by atoms with Crippen molar-refractivity contribution >= 4 is 23.7 Å². The summed E-state index contributed by atoms with van der Waals surface area (Å²) >= 11 is 6.02. The topological polar surface area (TPSA) is 72.4 Å². The molecular weight excluding hydrogens is 400 g/mol. The Balaban J connectivity index is 1.60. The van der Waals surface area contributed by atoms with E-state index in [-0.39, 0.29) is 5.91 Å². The number of hydrazone groups is 1. The largest absolute Gasteiger partial charge is 0.469 e. The van der Waals surface area contributed by atoms with Crippen LogP contribution in [0.3, 0.4) is 0 Å². The summed E-state index contributed by atoms with van der Waals surface area (Å²) in [5.74, 6) is 0.211. The number of rotatable bonds is 6. The van der Waals surface area contributed by atoms with Gasteiger partial charge in [-0.1, -0.05) is 54.1 Å². The van der Waals surface area contributed by atoms with E-state index in [1.54, 1.807) is 19.2 Å². The number of nitrogens with zero attached hydrogens (tertiary/aromatic N) is 3. The van der Waals surface area contributed by atoms with E-state index in [0.29, 0.717) is 22.9 Å². The molecule has 0 aliphatic carbocycles. The summed E-state index contributed by atoms with van der Waals surface area (Å²) in [5.41, 5.74) is 6.55. The number of hydrogen-bond acceptors (Lipinski definition) is 4. The average Bonchev–Trinajstić information content (AvgIpc) is 3.35. The molecule has 1 N–H and O–H groups in total. The lowest BCUT2D eigenvalue weighted by atomic mass is 10.1. The highest BCUT2D eigenvalue weighted by Gasteiger charge is 2.12. The van der Waals surface area contributed by atoms with Gasteiger partial charge in [0.15, 0.2) is 0 Å². The quantitative estimate of drug-likeness (QED) is 0.357. The molecule has 7 heteroatoms. The van der Waals surface area contributed by atoms with Crippen LogP contribution in [-0.2, 0) is 6.54 Å². The minimum atomic E-state index is -0.331. The maximum Gasteiger partial charge on any atom is 0.274 e. The molecule has 150 valence electrons. The van der Waals surface area contributed by atoms with Crippen molar-refractivity contribution in [2.24, 2.45) is 5.10 Å². The fourth-order valence-electron chi connectivity index (χ4n) is 3.06. The second-order valence-corrected chi connectivity index (χ2v) is 7.15. The van der Waals surface area contributed by atoms with Crippen molar-refractivity contribution in [2.75, 3.05) is 0 Å². The lowest BCUT2D eigenvalue weighted by molar-refractivity contribution is 0.0953. The number of nitrogens with one attached hydrogen (secondary N) is 1. The molecular formula is C23H19ClN4O2. The summed E-state index contributed by atoms with van der Waals surface area (Å²) in [6.07, 6.45) is 4.96. The van der Waals surface area contributed by atoms with Gasteiger partial charge in [0.1, 0.15) is 11.5 Å². The summed E-state index contributed by atoms with van der Waals surface area (Å²) in [5, 5.41) is 9.49. The Hall–Kier alpha value is -3.64. The van der Waals surface area contributed by atoms with Crippen LogP contribution in [0, 0.1) is 6.92 Å². The van der Waals surface area contributed by atoms with Crippen LogP contribution in [0.1, 0.15) is 27.2 Å². The van der Waals surface area contributed by atoms with Gasteiger partial charge in [0.25, 0.3) is 5.91 Å². The van der Waals surface area contributed by atoms with Gasteiger partial charge in [-0.25, -0.2) is 5.43 Å². The molecule has 6 nitrogen and oxygen atoms in total. The van der Waals surface area contributed by atoms with Gasteiger partial charge in [-0.05, 0) is 30.7 Å². The maximum atomic E-state index is 12.2. The Morgan fingerprint density at radius 2 is 1.93 bits per heavy atom. The second kappa shape index (κ2) is 8.80. The van der Waals surface area contributed by atoms with Crippen molar-refractivity contribution in [3.8, 4) is 11.3 Å². The molecule has 0 saturated carbocycles. The third-order valence-corrected chi connectivity index (χ3v) is 4.82. The molecule has 0 radical (unpaired) electrons. The lowest BCUT2D eigenvalue weighted by Crippen LogP contribution is -2.17. The fourth-order valence-corrected chi connectivity index (χ4v) is 3.18. The molecule has 2 heterocycles. The highest BCUT2D eigenvalue weighted by atomic mass is 35.5. The van der Waals surface area contributed by atoms with Crippen molar-refractivity contribution in [1.29, 1.82) is 0 Å². The molecule has 0 saturated heterocycles. The number of carbonyl (C=O) groups excluding carboxylic acids is 1. The first-order chi connectivity index (χ1) is 14.6. The average molecular weight is 419 g/mol. The molecule has 0 spiro atoms. The van der Waals surface area contributed by atoms with Gasteiger partial charge < -0.3 is 4.42 Å². The number of amides is 1. The van der Waals surface area contributed by atoms with Crippen LogP contribution in [0.2, 0.25) is 5.02 Å². The highest BCUT2D eigenvalue weighted by molar-refractivity contribution is 6.30. The molecule has 0 fully saturated rings. The predicted octanol–water partition coefficient (Wildman–Crippen LogP) is 4.92. The Kier molecular flexibility index (Phi) is 5.77. The first kappa shape index (κ1) is 19.7. The van der Waals surface area contributed by atoms with Crippen LogP contribution in [0.4, 0.5) is 0 Å². The number of aromatic nitrogens is 2. The highest BCUT2D eigenvalue weighted by Crippen LogP contribution is 2.23. The van der Waals surface area contributed by atoms with Crippen LogP contribution < -0.4 is 5.43 Å². The van der Waals surface area contributed by atoms with Gasteiger partial charge in [0.05, 0.1) is 24.6 Å². The fraction of sp³-hybridized carbons (Fsp3) is 0.0870. The van der Waals surface area contributed by atoms with Crippen LogP contribution in [-0.4, -0.2) is 21.9 Å². The standard InChI is InChI=1S/C23H19ClN4O2/c1-16-21(11-12-30-16)23(29)26-25-13-19-15-28(14-17-5-3-2-4-6-17)27-22(19)18-7-9-20(24)10-8-18/h2-13,15H,14H2,1H3,(H,26,29)/b25-13-. The molecule has 0 aliphatic heterocycles. The number of furan rings is 1. The maximum absolute atomic E-state index is 12.2. The molecule has 1 amide bonds. The smallest absolute Gasteiger partial charge is 0.274 e. The SMILES string of the molecule is Cc1occc1C(=O)N/N=C\c1cn(Cc2ccccc2)nc1-c1ccc(Cl)cc1. The minimum Gasteiger partial charge on any atom is -0.469 e. The van der Waals surface area contributed by atoms with E-state index in [0.717, 1.165) is 22.4 Å². The number of benzene rings is 2. The van der Waals surface area contributed by atoms with Crippen molar-refractivity contribution in [3.05, 3.63) is 101 Å². The van der Waals surface area contributed by atoms with Crippen molar-refractivity contribution in [3.63, 3.8) is 0 Å². The van der Waals surface area contributed by atoms with Crippen molar-refractivity contribution < 1.29 is 9.21 Å². The Morgan fingerprint density at radius 1 is 1.17 bits per heavy atom. The molecule has 4 rings (SSSR count).